The lowest BCUT2D eigenvalue weighted by atomic mass is 9.92. The van der Waals surface area contributed by atoms with E-state index in [1.165, 1.54) is 12.1 Å². The molecule has 10 nitrogen and oxygen atoms in total. The van der Waals surface area contributed by atoms with E-state index in [0.717, 1.165) is 48.9 Å². The highest BCUT2D eigenvalue weighted by atomic mass is 16.6. The minimum absolute atomic E-state index is 0.206. The van der Waals surface area contributed by atoms with Crippen LogP contribution in [0.25, 0.3) is 0 Å². The van der Waals surface area contributed by atoms with E-state index in [0.29, 0.717) is 12.3 Å². The minimum atomic E-state index is -0.969. The van der Waals surface area contributed by atoms with Crippen molar-refractivity contribution in [2.45, 2.75) is 44.3 Å². The van der Waals surface area contributed by atoms with Crippen LogP contribution in [0.1, 0.15) is 52.4 Å². The Labute approximate surface area is 212 Å². The molecule has 0 spiro atoms. The number of esters is 1. The number of unbranched alkanes of at least 4 members (excludes halogenated alkanes) is 2. The van der Waals surface area contributed by atoms with Crippen LogP contribution < -0.4 is 10.5 Å². The Balaban J connectivity index is 1.65. The number of aryl methyl sites for hydroxylation is 1. The minimum Gasteiger partial charge on any atom is -0.504 e. The summed E-state index contributed by atoms with van der Waals surface area (Å²) in [6.07, 6.45) is 2.07. The normalized spacial score (nSPS) is 16.6. The second-order valence-corrected chi connectivity index (χ2v) is 9.00. The molecule has 10 heteroatoms. The number of benzene rings is 3. The highest BCUT2D eigenvalue weighted by molar-refractivity contribution is 5.91. The molecule has 37 heavy (non-hydrogen) atoms. The van der Waals surface area contributed by atoms with E-state index in [9.17, 15) is 35.4 Å². The fourth-order valence-corrected chi connectivity index (χ4v) is 4.35. The lowest BCUT2D eigenvalue weighted by Crippen LogP contribution is -2.34. The summed E-state index contributed by atoms with van der Waals surface area (Å²) in [4.78, 5) is 12.9. The van der Waals surface area contributed by atoms with Gasteiger partial charge in [-0.2, -0.15) is 0 Å². The van der Waals surface area contributed by atoms with Crippen LogP contribution in [-0.4, -0.2) is 49.3 Å². The Bertz CT molecular complexity index is 1260. The van der Waals surface area contributed by atoms with Gasteiger partial charge in [-0.3, -0.25) is 0 Å². The van der Waals surface area contributed by atoms with Crippen LogP contribution in [-0.2, 0) is 17.6 Å². The van der Waals surface area contributed by atoms with E-state index >= 15 is 0 Å². The van der Waals surface area contributed by atoms with E-state index in [1.807, 2.05) is 18.2 Å². The number of carbonyl (C=O) groups excluding carboxylic acids is 1. The molecule has 1 heterocycles. The molecule has 0 bridgehead atoms. The Morgan fingerprint density at radius 1 is 0.865 bits per heavy atom. The van der Waals surface area contributed by atoms with Crippen molar-refractivity contribution in [1.82, 2.24) is 0 Å². The van der Waals surface area contributed by atoms with Crippen molar-refractivity contribution in [3.05, 3.63) is 64.7 Å². The molecule has 8 N–H and O–H groups in total. The molecule has 2 atom stereocenters. The molecule has 4 rings (SSSR count). The average molecular weight is 512 g/mol. The summed E-state index contributed by atoms with van der Waals surface area (Å²) in [7, 11) is 0. The van der Waals surface area contributed by atoms with Gasteiger partial charge in [-0.15, -0.1) is 0 Å². The van der Waals surface area contributed by atoms with Gasteiger partial charge >= 0.3 is 5.97 Å². The third kappa shape index (κ3) is 5.59. The average Bonchev–Trinajstić information content (AvgIpc) is 2.87. The van der Waals surface area contributed by atoms with Crippen molar-refractivity contribution in [1.29, 1.82) is 0 Å². The van der Waals surface area contributed by atoms with E-state index in [2.05, 4.69) is 0 Å². The Hall–Kier alpha value is -4.31. The van der Waals surface area contributed by atoms with Gasteiger partial charge in [-0.05, 0) is 67.3 Å². The van der Waals surface area contributed by atoms with E-state index < -0.39 is 52.7 Å². The number of phenolic OH excluding ortho intramolecular Hbond substituents is 6. The zero-order valence-electron chi connectivity index (χ0n) is 19.9. The van der Waals surface area contributed by atoms with Crippen LogP contribution in [0.3, 0.4) is 0 Å². The molecule has 0 unspecified atom stereocenters. The summed E-state index contributed by atoms with van der Waals surface area (Å²) >= 11 is 0. The van der Waals surface area contributed by atoms with Gasteiger partial charge in [0.25, 0.3) is 0 Å². The highest BCUT2D eigenvalue weighted by Gasteiger charge is 2.36. The molecule has 1 aliphatic heterocycles. The molecule has 3 aromatic carbocycles. The number of nitrogens with two attached hydrogens (primary N) is 1. The number of aromatic hydroxyl groups is 6. The Morgan fingerprint density at radius 2 is 1.49 bits per heavy atom. The second kappa shape index (κ2) is 10.8. The first-order valence-electron chi connectivity index (χ1n) is 11.9. The number of ether oxygens (including phenoxy) is 2. The fraction of sp³-hybridized carbons (Fsp3) is 0.296. The van der Waals surface area contributed by atoms with Crippen molar-refractivity contribution in [3.8, 4) is 40.2 Å². The van der Waals surface area contributed by atoms with Gasteiger partial charge in [-0.1, -0.05) is 18.6 Å². The van der Waals surface area contributed by atoms with Gasteiger partial charge in [0.2, 0.25) is 0 Å². The van der Waals surface area contributed by atoms with Gasteiger partial charge in [0.05, 0.1) is 5.56 Å². The number of phenols is 6. The molecule has 196 valence electrons. The lowest BCUT2D eigenvalue weighted by molar-refractivity contribution is -0.0184. The highest BCUT2D eigenvalue weighted by Crippen LogP contribution is 2.43. The van der Waals surface area contributed by atoms with Crippen LogP contribution in [0.5, 0.6) is 40.2 Å². The molecule has 0 aliphatic carbocycles. The summed E-state index contributed by atoms with van der Waals surface area (Å²) in [5.41, 5.74) is 7.47. The zero-order valence-corrected chi connectivity index (χ0v) is 19.9. The third-order valence-corrected chi connectivity index (χ3v) is 6.29. The molecule has 0 fully saturated rings. The topological polar surface area (TPSA) is 183 Å². The first-order valence-corrected chi connectivity index (χ1v) is 11.9. The lowest BCUT2D eigenvalue weighted by Gasteiger charge is -2.34. The maximum Gasteiger partial charge on any atom is 0.338 e. The third-order valence-electron chi connectivity index (χ3n) is 6.29. The van der Waals surface area contributed by atoms with Gasteiger partial charge < -0.3 is 45.8 Å². The van der Waals surface area contributed by atoms with Crippen LogP contribution in [0.15, 0.2) is 42.5 Å². The number of hydrogen-bond donors (Lipinski definition) is 7. The van der Waals surface area contributed by atoms with Gasteiger partial charge in [0, 0.05) is 12.0 Å². The van der Waals surface area contributed by atoms with Crippen molar-refractivity contribution >= 4 is 5.97 Å². The SMILES string of the molecule is NCCCCCc1ccc2c(c1)C[C@@H](OC(=O)c1cc(O)c(O)c(O)c1)[C@@H](c1cc(O)c(O)c(O)c1)O2. The number of carbonyl (C=O) groups is 1. The largest absolute Gasteiger partial charge is 0.504 e. The molecular weight excluding hydrogens is 482 g/mol. The van der Waals surface area contributed by atoms with Crippen molar-refractivity contribution in [2.24, 2.45) is 5.73 Å². The standard InChI is InChI=1S/C27H29NO9/c28-7-3-1-2-4-14-5-6-22-15(8-14)13-23(26(36-22)16-9-18(29)24(33)19(30)10-16)37-27(35)17-11-20(31)25(34)21(32)12-17/h5-6,8-12,23,26,29-34H,1-4,7,13,28H2/t23-,26-/m1/s1. The summed E-state index contributed by atoms with van der Waals surface area (Å²) < 4.78 is 11.9. The first-order chi connectivity index (χ1) is 17.7. The summed E-state index contributed by atoms with van der Waals surface area (Å²) in [6, 6.07) is 10.1. The van der Waals surface area contributed by atoms with Crippen LogP contribution in [0.2, 0.25) is 0 Å². The van der Waals surface area contributed by atoms with E-state index in [-0.39, 0.29) is 17.5 Å². The van der Waals surface area contributed by atoms with Gasteiger partial charge in [0.1, 0.15) is 11.9 Å². The number of rotatable bonds is 8. The Kier molecular flexibility index (Phi) is 7.49. The maximum absolute atomic E-state index is 12.9. The monoisotopic (exact) mass is 511 g/mol. The van der Waals surface area contributed by atoms with Crippen LogP contribution in [0.4, 0.5) is 0 Å². The molecule has 1 aliphatic rings. The molecule has 0 amide bonds. The first kappa shape index (κ1) is 25.8. The molecule has 0 aromatic heterocycles. The van der Waals surface area contributed by atoms with Crippen LogP contribution in [0, 0.1) is 0 Å². The smallest absolute Gasteiger partial charge is 0.338 e. The van der Waals surface area contributed by atoms with Crippen molar-refractivity contribution in [3.63, 3.8) is 0 Å². The molecule has 0 radical (unpaired) electrons. The van der Waals surface area contributed by atoms with Crippen LogP contribution >= 0.6 is 0 Å². The Morgan fingerprint density at radius 3 is 2.11 bits per heavy atom. The summed E-state index contributed by atoms with van der Waals surface area (Å²) in [6.45, 7) is 0.644. The van der Waals surface area contributed by atoms with E-state index in [1.54, 1.807) is 0 Å². The predicted octanol–water partition coefficient (Wildman–Crippen LogP) is 3.49. The fourth-order valence-electron chi connectivity index (χ4n) is 4.35. The van der Waals surface area contributed by atoms with Crippen molar-refractivity contribution < 1.29 is 44.9 Å². The molecule has 0 saturated heterocycles. The summed E-state index contributed by atoms with van der Waals surface area (Å²) in [5.74, 6) is -4.36. The van der Waals surface area contributed by atoms with Gasteiger partial charge in [-0.25, -0.2) is 4.79 Å². The van der Waals surface area contributed by atoms with Gasteiger partial charge in [0.15, 0.2) is 40.6 Å². The zero-order chi connectivity index (χ0) is 26.7. The summed E-state index contributed by atoms with van der Waals surface area (Å²) in [5, 5.41) is 59.0. The predicted molar refractivity (Wildman–Crippen MR) is 132 cm³/mol. The quantitative estimate of drug-likeness (QED) is 0.134. The molecular formula is C27H29NO9. The second-order valence-electron chi connectivity index (χ2n) is 9.00. The van der Waals surface area contributed by atoms with Crippen molar-refractivity contribution in [2.75, 3.05) is 6.54 Å². The van der Waals surface area contributed by atoms with E-state index in [4.69, 9.17) is 15.2 Å². The molecule has 3 aromatic rings. The maximum atomic E-state index is 12.9. The molecule has 0 saturated carbocycles. The number of fused-ring (bicyclic) bond motifs is 1. The number of hydrogen-bond acceptors (Lipinski definition) is 10.